The number of hydrogen-bond acceptors (Lipinski definition) is 4. The Hall–Kier alpha value is -1.75. The first-order valence-corrected chi connectivity index (χ1v) is 6.82. The average molecular weight is 258 g/mol. The number of fused-ring (bicyclic) bond motifs is 3. The second kappa shape index (κ2) is 3.87. The van der Waals surface area contributed by atoms with Gasteiger partial charge in [0.2, 0.25) is 5.95 Å². The quantitative estimate of drug-likeness (QED) is 0.788. The van der Waals surface area contributed by atoms with Gasteiger partial charge >= 0.3 is 0 Å². The first kappa shape index (κ1) is 11.1. The molecule has 0 aliphatic carbocycles. The Kier molecular flexibility index (Phi) is 2.26. The molecule has 2 unspecified atom stereocenters. The van der Waals surface area contributed by atoms with E-state index < -0.39 is 0 Å². The zero-order chi connectivity index (χ0) is 13.0. The average Bonchev–Trinajstić information content (AvgIpc) is 2.83. The van der Waals surface area contributed by atoms with E-state index in [4.69, 9.17) is 15.5 Å². The van der Waals surface area contributed by atoms with Gasteiger partial charge in [-0.05, 0) is 31.0 Å². The third-order valence-corrected chi connectivity index (χ3v) is 4.35. The van der Waals surface area contributed by atoms with Crippen molar-refractivity contribution in [1.82, 2.24) is 9.55 Å². The van der Waals surface area contributed by atoms with E-state index in [0.29, 0.717) is 12.1 Å². The van der Waals surface area contributed by atoms with Crippen LogP contribution in [0.5, 0.6) is 0 Å². The summed E-state index contributed by atoms with van der Waals surface area (Å²) in [5.41, 5.74) is 8.72. The summed E-state index contributed by atoms with van der Waals surface area (Å²) in [5.74, 6) is 1.05. The second-order valence-corrected chi connectivity index (χ2v) is 5.55. The molecule has 100 valence electrons. The molecule has 0 saturated carbocycles. The van der Waals surface area contributed by atoms with Gasteiger partial charge in [0, 0.05) is 12.7 Å². The van der Waals surface area contributed by atoms with Crippen molar-refractivity contribution in [3.63, 3.8) is 0 Å². The number of nitrogens with two attached hydrogens (primary N) is 1. The fraction of sp³-hybridized carbons (Fsp3) is 0.500. The van der Waals surface area contributed by atoms with Crippen LogP contribution in [0.15, 0.2) is 18.2 Å². The van der Waals surface area contributed by atoms with Gasteiger partial charge in [-0.25, -0.2) is 4.98 Å². The smallest absolute Gasteiger partial charge is 0.206 e. The van der Waals surface area contributed by atoms with E-state index in [1.807, 2.05) is 18.2 Å². The highest BCUT2D eigenvalue weighted by molar-refractivity contribution is 5.82. The van der Waals surface area contributed by atoms with E-state index in [-0.39, 0.29) is 0 Å². The SMILES string of the molecule is Cn1c(N2C3CCC2COC3)nc2cc(N)ccc21. The summed E-state index contributed by atoms with van der Waals surface area (Å²) in [5, 5.41) is 0. The third-order valence-electron chi connectivity index (χ3n) is 4.35. The summed E-state index contributed by atoms with van der Waals surface area (Å²) in [7, 11) is 2.08. The van der Waals surface area contributed by atoms with Crippen LogP contribution >= 0.6 is 0 Å². The molecule has 19 heavy (non-hydrogen) atoms. The second-order valence-electron chi connectivity index (χ2n) is 5.55. The standard InChI is InChI=1S/C14H18N4O/c1-17-13-5-2-9(15)6-12(13)16-14(17)18-10-3-4-11(18)8-19-7-10/h2,5-6,10-11H,3-4,7-8,15H2,1H3. The van der Waals surface area contributed by atoms with Gasteiger partial charge in [0.15, 0.2) is 0 Å². The van der Waals surface area contributed by atoms with Gasteiger partial charge in [-0.15, -0.1) is 0 Å². The van der Waals surface area contributed by atoms with Gasteiger partial charge in [-0.1, -0.05) is 0 Å². The fourth-order valence-corrected chi connectivity index (χ4v) is 3.39. The Balaban J connectivity index is 1.85. The van der Waals surface area contributed by atoms with E-state index in [2.05, 4.69) is 16.5 Å². The van der Waals surface area contributed by atoms with Crippen molar-refractivity contribution in [3.05, 3.63) is 18.2 Å². The normalized spacial score (nSPS) is 26.3. The van der Waals surface area contributed by atoms with Crippen LogP contribution in [0.2, 0.25) is 0 Å². The molecule has 2 saturated heterocycles. The summed E-state index contributed by atoms with van der Waals surface area (Å²) >= 11 is 0. The van der Waals surface area contributed by atoms with Crippen LogP contribution in [-0.2, 0) is 11.8 Å². The number of anilines is 2. The first-order chi connectivity index (χ1) is 9.24. The van der Waals surface area contributed by atoms with E-state index >= 15 is 0 Å². The van der Waals surface area contributed by atoms with Gasteiger partial charge in [0.25, 0.3) is 0 Å². The van der Waals surface area contributed by atoms with Crippen molar-refractivity contribution < 1.29 is 4.74 Å². The number of nitrogens with zero attached hydrogens (tertiary/aromatic N) is 3. The molecule has 5 heteroatoms. The lowest BCUT2D eigenvalue weighted by molar-refractivity contribution is 0.0895. The van der Waals surface area contributed by atoms with Crippen LogP contribution < -0.4 is 10.6 Å². The highest BCUT2D eigenvalue weighted by Gasteiger charge is 2.39. The highest BCUT2D eigenvalue weighted by Crippen LogP contribution is 2.34. The predicted octanol–water partition coefficient (Wildman–Crippen LogP) is 1.52. The first-order valence-electron chi connectivity index (χ1n) is 6.82. The molecule has 1 aromatic carbocycles. The van der Waals surface area contributed by atoms with Gasteiger partial charge in [0.05, 0.1) is 36.3 Å². The minimum absolute atomic E-state index is 0.478. The largest absolute Gasteiger partial charge is 0.399 e. The lowest BCUT2D eigenvalue weighted by Gasteiger charge is -2.35. The van der Waals surface area contributed by atoms with Crippen molar-refractivity contribution in [1.29, 1.82) is 0 Å². The number of aryl methyl sites for hydroxylation is 1. The molecule has 2 aliphatic heterocycles. The van der Waals surface area contributed by atoms with E-state index in [1.54, 1.807) is 0 Å². The van der Waals surface area contributed by atoms with Crippen molar-refractivity contribution >= 4 is 22.7 Å². The summed E-state index contributed by atoms with van der Waals surface area (Å²) in [4.78, 5) is 7.24. The number of ether oxygens (including phenoxy) is 1. The minimum Gasteiger partial charge on any atom is -0.399 e. The third kappa shape index (κ3) is 1.54. The number of aromatic nitrogens is 2. The van der Waals surface area contributed by atoms with Crippen LogP contribution in [0.25, 0.3) is 11.0 Å². The minimum atomic E-state index is 0.478. The molecule has 2 bridgehead atoms. The molecule has 4 rings (SSSR count). The highest BCUT2D eigenvalue weighted by atomic mass is 16.5. The monoisotopic (exact) mass is 258 g/mol. The van der Waals surface area contributed by atoms with Crippen LogP contribution in [0.4, 0.5) is 11.6 Å². The number of rotatable bonds is 1. The topological polar surface area (TPSA) is 56.3 Å². The van der Waals surface area contributed by atoms with Crippen molar-refractivity contribution in [2.45, 2.75) is 24.9 Å². The molecule has 2 aromatic rings. The molecule has 1 aromatic heterocycles. The van der Waals surface area contributed by atoms with Gasteiger partial charge in [0.1, 0.15) is 0 Å². The van der Waals surface area contributed by atoms with Crippen LogP contribution in [-0.4, -0.2) is 34.8 Å². The van der Waals surface area contributed by atoms with Crippen LogP contribution in [0.1, 0.15) is 12.8 Å². The van der Waals surface area contributed by atoms with Gasteiger partial charge in [-0.2, -0.15) is 0 Å². The summed E-state index contributed by atoms with van der Waals surface area (Å²) in [6, 6.07) is 6.88. The molecule has 3 heterocycles. The molecule has 5 nitrogen and oxygen atoms in total. The number of morpholine rings is 1. The molecule has 2 aliphatic rings. The Bertz CT molecular complexity index is 620. The lowest BCUT2D eigenvalue weighted by Crippen LogP contribution is -2.47. The molecule has 0 amide bonds. The maximum Gasteiger partial charge on any atom is 0.206 e. The Labute approximate surface area is 112 Å². The number of imidazole rings is 1. The molecule has 0 spiro atoms. The molecule has 2 N–H and O–H groups in total. The van der Waals surface area contributed by atoms with Crippen molar-refractivity contribution in [3.8, 4) is 0 Å². The number of benzene rings is 1. The zero-order valence-electron chi connectivity index (χ0n) is 11.0. The van der Waals surface area contributed by atoms with Gasteiger partial charge in [-0.3, -0.25) is 0 Å². The van der Waals surface area contributed by atoms with E-state index in [9.17, 15) is 0 Å². The fourth-order valence-electron chi connectivity index (χ4n) is 3.39. The predicted molar refractivity (Wildman–Crippen MR) is 75.2 cm³/mol. The van der Waals surface area contributed by atoms with Gasteiger partial charge < -0.3 is 19.9 Å². The van der Waals surface area contributed by atoms with Crippen molar-refractivity contribution in [2.24, 2.45) is 7.05 Å². The molecular formula is C14H18N4O. The maximum absolute atomic E-state index is 5.85. The summed E-state index contributed by atoms with van der Waals surface area (Å²) < 4.78 is 7.81. The molecule has 2 atom stereocenters. The maximum atomic E-state index is 5.85. The summed E-state index contributed by atoms with van der Waals surface area (Å²) in [6.07, 6.45) is 2.41. The molecule has 2 fully saturated rings. The zero-order valence-corrected chi connectivity index (χ0v) is 11.0. The molecule has 0 radical (unpaired) electrons. The van der Waals surface area contributed by atoms with E-state index in [0.717, 1.165) is 35.9 Å². The number of nitrogen functional groups attached to an aromatic ring is 1. The van der Waals surface area contributed by atoms with E-state index in [1.165, 1.54) is 12.8 Å². The Morgan fingerprint density at radius 3 is 2.74 bits per heavy atom. The number of hydrogen-bond donors (Lipinski definition) is 1. The van der Waals surface area contributed by atoms with Crippen LogP contribution in [0.3, 0.4) is 0 Å². The van der Waals surface area contributed by atoms with Crippen molar-refractivity contribution in [2.75, 3.05) is 23.8 Å². The summed E-state index contributed by atoms with van der Waals surface area (Å²) in [6.45, 7) is 1.64. The lowest BCUT2D eigenvalue weighted by atomic mass is 10.2. The Morgan fingerprint density at radius 1 is 1.26 bits per heavy atom. The Morgan fingerprint density at radius 2 is 2.00 bits per heavy atom. The van der Waals surface area contributed by atoms with Crippen LogP contribution in [0, 0.1) is 0 Å². The molecular weight excluding hydrogens is 240 g/mol.